The van der Waals surface area contributed by atoms with Gasteiger partial charge in [-0.05, 0) is 43.3 Å². The lowest BCUT2D eigenvalue weighted by Crippen LogP contribution is -2.17. The van der Waals surface area contributed by atoms with Crippen LogP contribution in [-0.4, -0.2) is 26.8 Å². The SMILES string of the molecule is Cc1ncc(-c2cccnc2)nc1C(=O)Nc1ccc(C(N)=O)cc1.[HH].[HH].[HH].[HH]. The summed E-state index contributed by atoms with van der Waals surface area (Å²) in [6.07, 6.45) is 4.92. The van der Waals surface area contributed by atoms with Gasteiger partial charge in [0.25, 0.3) is 5.91 Å². The number of hydrogen-bond donors (Lipinski definition) is 2. The Labute approximate surface area is 149 Å². The van der Waals surface area contributed by atoms with Gasteiger partial charge in [-0.2, -0.15) is 0 Å². The van der Waals surface area contributed by atoms with Gasteiger partial charge in [0.15, 0.2) is 0 Å². The number of nitrogens with one attached hydrogen (secondary N) is 1. The Morgan fingerprint density at radius 2 is 1.88 bits per heavy atom. The summed E-state index contributed by atoms with van der Waals surface area (Å²) in [6, 6.07) is 9.93. The molecule has 0 fully saturated rings. The topological polar surface area (TPSA) is 111 Å². The van der Waals surface area contributed by atoms with Gasteiger partial charge in [-0.3, -0.25) is 19.6 Å². The van der Waals surface area contributed by atoms with Gasteiger partial charge in [-0.1, -0.05) is 0 Å². The summed E-state index contributed by atoms with van der Waals surface area (Å²) in [6.45, 7) is 1.71. The lowest BCUT2D eigenvalue weighted by molar-refractivity contribution is 0.0997. The van der Waals surface area contributed by atoms with E-state index in [4.69, 9.17) is 5.73 Å². The number of nitrogens with zero attached hydrogens (tertiary/aromatic N) is 3. The fraction of sp³-hybridized carbons (Fsp3) is 0.0556. The van der Waals surface area contributed by atoms with Gasteiger partial charge in [-0.25, -0.2) is 4.98 Å². The minimum absolute atomic E-state index is 0. The second-order valence-electron chi connectivity index (χ2n) is 5.33. The highest BCUT2D eigenvalue weighted by molar-refractivity contribution is 6.04. The van der Waals surface area contributed by atoms with Crippen LogP contribution in [0.5, 0.6) is 0 Å². The Bertz CT molecular complexity index is 941. The molecular weight excluding hydrogens is 318 g/mol. The van der Waals surface area contributed by atoms with Gasteiger partial charge in [0.2, 0.25) is 5.91 Å². The number of amides is 2. The van der Waals surface area contributed by atoms with E-state index in [0.717, 1.165) is 5.56 Å². The number of nitrogens with two attached hydrogens (primary N) is 1. The van der Waals surface area contributed by atoms with Crippen LogP contribution in [0.3, 0.4) is 0 Å². The van der Waals surface area contributed by atoms with E-state index in [9.17, 15) is 9.59 Å². The molecule has 7 nitrogen and oxygen atoms in total. The molecule has 3 N–H and O–H groups in total. The van der Waals surface area contributed by atoms with Gasteiger partial charge < -0.3 is 11.1 Å². The van der Waals surface area contributed by atoms with Crippen molar-refractivity contribution in [3.63, 3.8) is 0 Å². The molecule has 0 atom stereocenters. The predicted molar refractivity (Wildman–Crippen MR) is 101 cm³/mol. The Morgan fingerprint density at radius 3 is 2.52 bits per heavy atom. The molecular formula is C18H23N5O2. The molecule has 0 unspecified atom stereocenters. The summed E-state index contributed by atoms with van der Waals surface area (Å²) < 4.78 is 0. The van der Waals surface area contributed by atoms with E-state index in [1.165, 1.54) is 0 Å². The molecule has 3 rings (SSSR count). The highest BCUT2D eigenvalue weighted by atomic mass is 16.2. The first-order chi connectivity index (χ1) is 12.0. The van der Waals surface area contributed by atoms with Crippen molar-refractivity contribution in [2.75, 3.05) is 5.32 Å². The fourth-order valence-corrected chi connectivity index (χ4v) is 2.23. The number of aryl methyl sites for hydroxylation is 1. The van der Waals surface area contributed by atoms with Crippen molar-refractivity contribution in [1.82, 2.24) is 15.0 Å². The average molecular weight is 341 g/mol. The van der Waals surface area contributed by atoms with E-state index >= 15 is 0 Å². The molecule has 0 aliphatic heterocycles. The molecule has 1 aromatic carbocycles. The van der Waals surface area contributed by atoms with Gasteiger partial charge in [0, 0.05) is 34.9 Å². The normalized spacial score (nSPS) is 10.3. The number of anilines is 1. The molecule has 0 aliphatic rings. The predicted octanol–water partition coefficient (Wildman–Crippen LogP) is 3.18. The number of pyridine rings is 1. The van der Waals surface area contributed by atoms with E-state index < -0.39 is 5.91 Å². The first-order valence-corrected chi connectivity index (χ1v) is 7.50. The second-order valence-corrected chi connectivity index (χ2v) is 5.33. The van der Waals surface area contributed by atoms with Crippen LogP contribution in [0.4, 0.5) is 5.69 Å². The van der Waals surface area contributed by atoms with Crippen LogP contribution >= 0.6 is 0 Å². The van der Waals surface area contributed by atoms with E-state index in [0.29, 0.717) is 22.6 Å². The lowest BCUT2D eigenvalue weighted by Gasteiger charge is -2.09. The molecule has 25 heavy (non-hydrogen) atoms. The summed E-state index contributed by atoms with van der Waals surface area (Å²) in [7, 11) is 0. The van der Waals surface area contributed by atoms with E-state index in [1.807, 2.05) is 6.07 Å². The van der Waals surface area contributed by atoms with Crippen molar-refractivity contribution in [3.8, 4) is 11.3 Å². The zero-order chi connectivity index (χ0) is 17.8. The van der Waals surface area contributed by atoms with E-state index in [2.05, 4.69) is 20.3 Å². The number of carbonyl (C=O) groups is 2. The van der Waals surface area contributed by atoms with Crippen molar-refractivity contribution in [2.24, 2.45) is 5.73 Å². The number of hydrogen-bond acceptors (Lipinski definition) is 5. The number of primary amides is 1. The molecule has 0 saturated carbocycles. The number of rotatable bonds is 4. The highest BCUT2D eigenvalue weighted by Crippen LogP contribution is 2.17. The third-order valence-electron chi connectivity index (χ3n) is 3.56. The molecule has 2 amide bonds. The first-order valence-electron chi connectivity index (χ1n) is 7.50. The molecule has 7 heteroatoms. The van der Waals surface area contributed by atoms with Crippen LogP contribution in [0.1, 0.15) is 32.2 Å². The quantitative estimate of drug-likeness (QED) is 0.757. The Hall–Kier alpha value is -3.61. The second kappa shape index (κ2) is 6.88. The monoisotopic (exact) mass is 341 g/mol. The summed E-state index contributed by atoms with van der Waals surface area (Å²) >= 11 is 0. The molecule has 132 valence electrons. The molecule has 0 bridgehead atoms. The van der Waals surface area contributed by atoms with Crippen LogP contribution in [0.15, 0.2) is 55.0 Å². The summed E-state index contributed by atoms with van der Waals surface area (Å²) in [5, 5.41) is 2.73. The zero-order valence-electron chi connectivity index (χ0n) is 13.4. The Kier molecular flexibility index (Phi) is 4.47. The van der Waals surface area contributed by atoms with Crippen LogP contribution in [0, 0.1) is 6.92 Å². The molecule has 0 saturated heterocycles. The van der Waals surface area contributed by atoms with Crippen molar-refractivity contribution in [2.45, 2.75) is 6.92 Å². The zero-order valence-corrected chi connectivity index (χ0v) is 13.4. The summed E-state index contributed by atoms with van der Waals surface area (Å²) in [5.74, 6) is -0.911. The maximum atomic E-state index is 12.5. The lowest BCUT2D eigenvalue weighted by atomic mass is 10.2. The third-order valence-corrected chi connectivity index (χ3v) is 3.56. The van der Waals surface area contributed by atoms with Crippen LogP contribution in [-0.2, 0) is 0 Å². The first kappa shape index (κ1) is 16.3. The Morgan fingerprint density at radius 1 is 1.12 bits per heavy atom. The average Bonchev–Trinajstić information content (AvgIpc) is 2.63. The minimum atomic E-state index is -0.524. The molecule has 0 spiro atoms. The summed E-state index contributed by atoms with van der Waals surface area (Å²) in [5.41, 5.74) is 8.17. The highest BCUT2D eigenvalue weighted by Gasteiger charge is 2.14. The minimum Gasteiger partial charge on any atom is -0.366 e. The number of carbonyl (C=O) groups excluding carboxylic acids is 2. The van der Waals surface area contributed by atoms with Gasteiger partial charge in [-0.15, -0.1) is 0 Å². The number of aromatic nitrogens is 3. The van der Waals surface area contributed by atoms with E-state index in [-0.39, 0.29) is 17.3 Å². The van der Waals surface area contributed by atoms with Gasteiger partial charge in [0.1, 0.15) is 5.69 Å². The van der Waals surface area contributed by atoms with Crippen molar-refractivity contribution >= 4 is 17.5 Å². The van der Waals surface area contributed by atoms with Gasteiger partial charge >= 0.3 is 0 Å². The molecule has 0 radical (unpaired) electrons. The molecule has 3 aromatic rings. The smallest absolute Gasteiger partial charge is 0.276 e. The fourth-order valence-electron chi connectivity index (χ4n) is 2.23. The molecule has 2 heterocycles. The standard InChI is InChI=1S/C18H15N5O2.4H2/c1-11-16(23-15(10-21-11)13-3-2-8-20-9-13)18(25)22-14-6-4-12(5-7-14)17(19)24;;;;/h2-10H,1H3,(H2,19,24)(H,22,25);4*1H. The number of benzene rings is 1. The van der Waals surface area contributed by atoms with E-state index in [1.54, 1.807) is 55.8 Å². The summed E-state index contributed by atoms with van der Waals surface area (Å²) in [4.78, 5) is 36.3. The van der Waals surface area contributed by atoms with Crippen molar-refractivity contribution in [3.05, 3.63) is 71.9 Å². The van der Waals surface area contributed by atoms with Crippen molar-refractivity contribution < 1.29 is 15.3 Å². The van der Waals surface area contributed by atoms with Gasteiger partial charge in [0.05, 0.1) is 17.6 Å². The van der Waals surface area contributed by atoms with Crippen LogP contribution in [0.25, 0.3) is 11.3 Å². The largest absolute Gasteiger partial charge is 0.366 e. The molecule has 0 aliphatic carbocycles. The van der Waals surface area contributed by atoms with Crippen LogP contribution < -0.4 is 11.1 Å². The van der Waals surface area contributed by atoms with Crippen molar-refractivity contribution in [1.29, 1.82) is 0 Å². The Balaban J connectivity index is 0. The third kappa shape index (κ3) is 3.66. The van der Waals surface area contributed by atoms with Crippen LogP contribution in [0.2, 0.25) is 0 Å². The molecule has 2 aromatic heterocycles. The maximum Gasteiger partial charge on any atom is 0.276 e. The maximum absolute atomic E-state index is 12.5.